The van der Waals surface area contributed by atoms with Crippen LogP contribution >= 0.6 is 0 Å². The van der Waals surface area contributed by atoms with Gasteiger partial charge in [-0.05, 0) is 46.7 Å². The molecule has 0 saturated heterocycles. The quantitative estimate of drug-likeness (QED) is 0.451. The van der Waals surface area contributed by atoms with Gasteiger partial charge in [-0.15, -0.1) is 0 Å². The van der Waals surface area contributed by atoms with E-state index in [2.05, 4.69) is 4.18 Å². The van der Waals surface area contributed by atoms with Crippen molar-refractivity contribution in [2.24, 2.45) is 0 Å². The molecule has 0 aliphatic heterocycles. The fraction of sp³-hybridized carbons (Fsp3) is 0. The number of hydrogen-bond donors (Lipinski definition) is 3. The van der Waals surface area contributed by atoms with Gasteiger partial charge in [-0.2, -0.15) is 16.8 Å². The zero-order valence-electron chi connectivity index (χ0n) is 13.0. The second kappa shape index (κ2) is 6.25. The summed E-state index contributed by atoms with van der Waals surface area (Å²) in [7, 11) is -9.19. The minimum atomic E-state index is -4.78. The summed E-state index contributed by atoms with van der Waals surface area (Å²) in [5.74, 6) is -0.162. The van der Waals surface area contributed by atoms with Crippen LogP contribution in [0.3, 0.4) is 0 Å². The topological polar surface area (TPSA) is 144 Å². The Morgan fingerprint density at radius 2 is 1.62 bits per heavy atom. The molecule has 0 amide bonds. The molecule has 136 valence electrons. The molecule has 0 fully saturated rings. The molecule has 0 heterocycles. The Morgan fingerprint density at radius 1 is 0.885 bits per heavy atom. The molecule has 0 aliphatic carbocycles. The summed E-state index contributed by atoms with van der Waals surface area (Å²) in [6.45, 7) is 0. The second-order valence-corrected chi connectivity index (χ2v) is 7.88. The minimum Gasteiger partial charge on any atom is -0.399 e. The summed E-state index contributed by atoms with van der Waals surface area (Å²) < 4.78 is 67.9. The van der Waals surface area contributed by atoms with Crippen LogP contribution in [0.4, 0.5) is 5.69 Å². The lowest BCUT2D eigenvalue weighted by Crippen LogP contribution is -2.07. The lowest BCUT2D eigenvalue weighted by atomic mass is 9.97. The molecule has 0 unspecified atom stereocenters. The molecule has 4 N–H and O–H groups in total. The summed E-state index contributed by atoms with van der Waals surface area (Å²) in [4.78, 5) is -0.313. The number of fused-ring (bicyclic) bond motifs is 1. The third-order valence-electron chi connectivity index (χ3n) is 3.62. The highest BCUT2D eigenvalue weighted by molar-refractivity contribution is 7.85. The van der Waals surface area contributed by atoms with Crippen molar-refractivity contribution in [3.63, 3.8) is 0 Å². The normalized spacial score (nSPS) is 12.2. The van der Waals surface area contributed by atoms with Crippen LogP contribution in [0.15, 0.2) is 59.5 Å². The second-order valence-electron chi connectivity index (χ2n) is 5.43. The van der Waals surface area contributed by atoms with Gasteiger partial charge in [-0.25, -0.2) is 0 Å². The zero-order valence-corrected chi connectivity index (χ0v) is 14.7. The number of nitrogen functional groups attached to an aromatic ring is 1. The van der Waals surface area contributed by atoms with Crippen LogP contribution in [0.2, 0.25) is 0 Å². The number of benzene rings is 3. The number of nitrogens with two attached hydrogens (primary N) is 1. The van der Waals surface area contributed by atoms with Crippen LogP contribution in [0.25, 0.3) is 21.9 Å². The van der Waals surface area contributed by atoms with Crippen molar-refractivity contribution >= 4 is 37.0 Å². The van der Waals surface area contributed by atoms with Gasteiger partial charge >= 0.3 is 10.4 Å². The van der Waals surface area contributed by atoms with Gasteiger partial charge in [0, 0.05) is 11.3 Å². The molecule has 3 rings (SSSR count). The zero-order chi connectivity index (χ0) is 19.1. The van der Waals surface area contributed by atoms with Crippen molar-refractivity contribution in [1.82, 2.24) is 0 Å². The van der Waals surface area contributed by atoms with E-state index in [1.807, 2.05) is 0 Å². The first kappa shape index (κ1) is 18.1. The van der Waals surface area contributed by atoms with E-state index in [9.17, 15) is 21.4 Å². The van der Waals surface area contributed by atoms with Crippen molar-refractivity contribution in [1.29, 1.82) is 0 Å². The Bertz CT molecular complexity index is 1220. The minimum absolute atomic E-state index is 0.162. The first-order chi connectivity index (χ1) is 12.0. The van der Waals surface area contributed by atoms with Gasteiger partial charge in [0.25, 0.3) is 10.1 Å². The fourth-order valence-electron chi connectivity index (χ4n) is 2.62. The van der Waals surface area contributed by atoms with Gasteiger partial charge in [-0.1, -0.05) is 24.3 Å². The molecule has 0 atom stereocenters. The molecule has 3 aromatic rings. The van der Waals surface area contributed by atoms with Crippen LogP contribution in [0, 0.1) is 0 Å². The molecule has 0 bridgehead atoms. The number of anilines is 1. The average Bonchev–Trinajstić information content (AvgIpc) is 2.51. The molecule has 0 saturated carbocycles. The van der Waals surface area contributed by atoms with Crippen LogP contribution in [0.5, 0.6) is 5.75 Å². The van der Waals surface area contributed by atoms with Crippen molar-refractivity contribution < 1.29 is 30.1 Å². The predicted molar refractivity (Wildman–Crippen MR) is 95.8 cm³/mol. The largest absolute Gasteiger partial charge is 0.446 e. The van der Waals surface area contributed by atoms with Gasteiger partial charge in [0.2, 0.25) is 0 Å². The molecule has 0 aliphatic rings. The summed E-state index contributed by atoms with van der Waals surface area (Å²) in [6, 6.07) is 13.0. The van der Waals surface area contributed by atoms with Gasteiger partial charge in [0.15, 0.2) is 5.75 Å². The monoisotopic (exact) mass is 395 g/mol. The van der Waals surface area contributed by atoms with Crippen LogP contribution in [0.1, 0.15) is 0 Å². The highest BCUT2D eigenvalue weighted by atomic mass is 32.3. The summed E-state index contributed by atoms with van der Waals surface area (Å²) >= 11 is 0. The van der Waals surface area contributed by atoms with Gasteiger partial charge in [0.05, 0.1) is 4.90 Å². The van der Waals surface area contributed by atoms with E-state index >= 15 is 0 Å². The van der Waals surface area contributed by atoms with E-state index in [4.69, 9.17) is 10.3 Å². The van der Waals surface area contributed by atoms with Gasteiger partial charge < -0.3 is 9.92 Å². The Balaban J connectivity index is 2.36. The van der Waals surface area contributed by atoms with E-state index in [-0.39, 0.29) is 16.2 Å². The van der Waals surface area contributed by atoms with E-state index in [0.717, 1.165) is 0 Å². The molecule has 8 nitrogen and oxygen atoms in total. The van der Waals surface area contributed by atoms with E-state index < -0.39 is 20.5 Å². The smallest absolute Gasteiger partial charge is 0.399 e. The molecule has 26 heavy (non-hydrogen) atoms. The Labute approximate surface area is 149 Å². The molecule has 10 heteroatoms. The average molecular weight is 395 g/mol. The summed E-state index contributed by atoms with van der Waals surface area (Å²) in [5.41, 5.74) is 6.97. The molecular weight excluding hydrogens is 382 g/mol. The first-order valence-electron chi connectivity index (χ1n) is 7.12. The van der Waals surface area contributed by atoms with E-state index in [0.29, 0.717) is 22.0 Å². The molecule has 0 aromatic heterocycles. The van der Waals surface area contributed by atoms with Crippen LogP contribution in [-0.2, 0) is 20.5 Å². The number of rotatable bonds is 4. The maximum atomic E-state index is 11.3. The van der Waals surface area contributed by atoms with Crippen LogP contribution in [-0.4, -0.2) is 25.9 Å². The molecular formula is C16H13NO7S2. The third-order valence-corrected chi connectivity index (χ3v) is 4.86. The molecule has 3 aromatic carbocycles. The third kappa shape index (κ3) is 3.78. The lowest BCUT2D eigenvalue weighted by molar-refractivity contribution is 0.387. The van der Waals surface area contributed by atoms with Gasteiger partial charge in [-0.3, -0.25) is 9.11 Å². The SMILES string of the molecule is Nc1cccc(-c2c(OS(=O)(=O)O)ccc3cc(S(=O)(=O)O)ccc23)c1. The fourth-order valence-corrected chi connectivity index (χ4v) is 3.50. The molecule has 0 radical (unpaired) electrons. The number of hydrogen-bond acceptors (Lipinski definition) is 6. The van der Waals surface area contributed by atoms with Crippen molar-refractivity contribution in [2.75, 3.05) is 5.73 Å². The van der Waals surface area contributed by atoms with Crippen molar-refractivity contribution in [2.45, 2.75) is 4.90 Å². The van der Waals surface area contributed by atoms with Crippen molar-refractivity contribution in [3.8, 4) is 16.9 Å². The van der Waals surface area contributed by atoms with E-state index in [1.165, 1.54) is 30.3 Å². The van der Waals surface area contributed by atoms with Crippen molar-refractivity contribution in [3.05, 3.63) is 54.6 Å². The van der Waals surface area contributed by atoms with Gasteiger partial charge in [0.1, 0.15) is 0 Å². The van der Waals surface area contributed by atoms with E-state index in [1.54, 1.807) is 24.3 Å². The maximum Gasteiger partial charge on any atom is 0.446 e. The maximum absolute atomic E-state index is 11.3. The lowest BCUT2D eigenvalue weighted by Gasteiger charge is -2.13. The van der Waals surface area contributed by atoms with Crippen LogP contribution < -0.4 is 9.92 Å². The predicted octanol–water partition coefficient (Wildman–Crippen LogP) is 2.52. The standard InChI is InChI=1S/C16H13NO7S2/c17-12-3-1-2-11(8-12)16-14-6-5-13(25(18,19)20)9-10(14)4-7-15(16)24-26(21,22)23/h1-9H,17H2,(H,18,19,20)(H,21,22,23). The summed E-state index contributed by atoms with van der Waals surface area (Å²) in [6.07, 6.45) is 0. The highest BCUT2D eigenvalue weighted by Crippen LogP contribution is 2.39. The first-order valence-corrected chi connectivity index (χ1v) is 9.92. The Hall–Kier alpha value is -2.66. The summed E-state index contributed by atoms with van der Waals surface area (Å²) in [5, 5.41) is 0.837. The Morgan fingerprint density at radius 3 is 2.23 bits per heavy atom. The highest BCUT2D eigenvalue weighted by Gasteiger charge is 2.18. The molecule has 0 spiro atoms. The Kier molecular flexibility index (Phi) is 4.36.